The van der Waals surface area contributed by atoms with Crippen molar-refractivity contribution < 1.29 is 19.2 Å². The van der Waals surface area contributed by atoms with Gasteiger partial charge >= 0.3 is 6.03 Å². The highest BCUT2D eigenvalue weighted by Crippen LogP contribution is 2.35. The second kappa shape index (κ2) is 11.5. The molecule has 11 heteroatoms. The molecule has 4 rings (SSSR count). The SMILES string of the molecule is Cc1c(C(=O)N(C(=O)c2csc(N(CC(C)C)C3CC3)n2)[C@H]([C]=O)CC(C)(C)C)n(C(=O)NN)c2ccccc12. The van der Waals surface area contributed by atoms with Crippen LogP contribution in [0.2, 0.25) is 0 Å². The van der Waals surface area contributed by atoms with Crippen LogP contribution in [0.5, 0.6) is 0 Å². The van der Waals surface area contributed by atoms with Crippen LogP contribution in [0, 0.1) is 18.3 Å². The number of fused-ring (bicyclic) bond motifs is 1. The predicted molar refractivity (Wildman–Crippen MR) is 156 cm³/mol. The summed E-state index contributed by atoms with van der Waals surface area (Å²) < 4.78 is 1.15. The summed E-state index contributed by atoms with van der Waals surface area (Å²) in [6, 6.07) is 5.44. The quantitative estimate of drug-likeness (QED) is 0.167. The molecule has 1 fully saturated rings. The van der Waals surface area contributed by atoms with E-state index in [1.165, 1.54) is 11.3 Å². The van der Waals surface area contributed by atoms with Crippen molar-refractivity contribution in [2.24, 2.45) is 17.2 Å². The maximum absolute atomic E-state index is 14.3. The molecule has 213 valence electrons. The standard InChI is InChI=1S/C29H37N6O4S/c1-17(2)14-33(19-11-12-19)28-31-22(16-40-28)25(37)34(20(15-36)13-29(4,5)6)26(38)24-18(3)21-9-7-8-10-23(21)35(24)27(39)32-30/h7-10,16-17,19-20H,11-14,30H2,1-6H3,(H,32,39)/t20-/m0/s1. The first-order valence-electron chi connectivity index (χ1n) is 13.5. The summed E-state index contributed by atoms with van der Waals surface area (Å²) in [5.74, 6) is 4.37. The Labute approximate surface area is 238 Å². The number of benzene rings is 1. The van der Waals surface area contributed by atoms with Crippen molar-refractivity contribution >= 4 is 51.5 Å². The smallest absolute Gasteiger partial charge is 0.340 e. The molecule has 1 atom stereocenters. The number of aryl methyl sites for hydroxylation is 1. The molecule has 0 spiro atoms. The highest BCUT2D eigenvalue weighted by Gasteiger charge is 2.39. The molecule has 3 N–H and O–H groups in total. The molecule has 1 aliphatic carbocycles. The first-order valence-corrected chi connectivity index (χ1v) is 14.3. The van der Waals surface area contributed by atoms with Crippen molar-refractivity contribution in [3.8, 4) is 0 Å². The summed E-state index contributed by atoms with van der Waals surface area (Å²) in [6.07, 6.45) is 4.24. The zero-order chi connectivity index (χ0) is 29.4. The van der Waals surface area contributed by atoms with Crippen LogP contribution in [0.15, 0.2) is 29.6 Å². The fourth-order valence-electron chi connectivity index (χ4n) is 4.97. The molecule has 1 saturated carbocycles. The number of para-hydroxylation sites is 1. The average molecular weight is 566 g/mol. The number of hydrogen-bond donors (Lipinski definition) is 2. The molecule has 1 radical (unpaired) electrons. The van der Waals surface area contributed by atoms with Crippen LogP contribution in [0.25, 0.3) is 10.9 Å². The molecule has 0 unspecified atom stereocenters. The van der Waals surface area contributed by atoms with E-state index in [1.807, 2.05) is 27.1 Å². The van der Waals surface area contributed by atoms with Crippen LogP contribution < -0.4 is 16.2 Å². The van der Waals surface area contributed by atoms with Crippen LogP contribution >= 0.6 is 11.3 Å². The molecule has 10 nitrogen and oxygen atoms in total. The van der Waals surface area contributed by atoms with Gasteiger partial charge in [0.05, 0.1) is 5.52 Å². The summed E-state index contributed by atoms with van der Waals surface area (Å²) in [6.45, 7) is 12.5. The summed E-state index contributed by atoms with van der Waals surface area (Å²) in [5, 5.41) is 2.98. The van der Waals surface area contributed by atoms with Crippen molar-refractivity contribution in [3.63, 3.8) is 0 Å². The van der Waals surface area contributed by atoms with Crippen LogP contribution in [-0.2, 0) is 4.79 Å². The normalized spacial score (nSPS) is 14.3. The number of carbonyl (C=O) groups is 3. The molecule has 0 saturated heterocycles. The van der Waals surface area contributed by atoms with E-state index in [-0.39, 0.29) is 17.8 Å². The summed E-state index contributed by atoms with van der Waals surface area (Å²) >= 11 is 1.34. The highest BCUT2D eigenvalue weighted by atomic mass is 32.1. The minimum absolute atomic E-state index is 0.0541. The minimum Gasteiger partial charge on any atom is -0.345 e. The van der Waals surface area contributed by atoms with Gasteiger partial charge in [-0.05, 0) is 49.1 Å². The Bertz CT molecular complexity index is 1430. The van der Waals surface area contributed by atoms with E-state index in [0.29, 0.717) is 33.6 Å². The van der Waals surface area contributed by atoms with Gasteiger partial charge in [-0.1, -0.05) is 52.8 Å². The molecule has 0 bridgehead atoms. The van der Waals surface area contributed by atoms with E-state index >= 15 is 0 Å². The van der Waals surface area contributed by atoms with Gasteiger partial charge in [0.2, 0.25) is 6.29 Å². The summed E-state index contributed by atoms with van der Waals surface area (Å²) in [4.78, 5) is 61.4. The Balaban J connectivity index is 1.83. The van der Waals surface area contributed by atoms with Gasteiger partial charge in [0, 0.05) is 23.4 Å². The van der Waals surface area contributed by atoms with Gasteiger partial charge in [-0.25, -0.2) is 15.6 Å². The number of nitrogens with two attached hydrogens (primary N) is 1. The molecular weight excluding hydrogens is 528 g/mol. The number of nitrogens with one attached hydrogen (secondary N) is 1. The third-order valence-corrected chi connectivity index (χ3v) is 7.73. The maximum atomic E-state index is 14.3. The number of rotatable bonds is 9. The van der Waals surface area contributed by atoms with Crippen molar-refractivity contribution in [1.82, 2.24) is 19.9 Å². The number of anilines is 1. The van der Waals surface area contributed by atoms with E-state index in [0.717, 1.165) is 28.9 Å². The lowest BCUT2D eigenvalue weighted by Gasteiger charge is -2.30. The number of thiazole rings is 1. The second-order valence-corrected chi connectivity index (χ2v) is 12.8. The van der Waals surface area contributed by atoms with Crippen molar-refractivity contribution in [1.29, 1.82) is 0 Å². The van der Waals surface area contributed by atoms with Gasteiger partial charge in [0.15, 0.2) is 5.13 Å². The lowest BCUT2D eigenvalue weighted by Crippen LogP contribution is -2.48. The highest BCUT2D eigenvalue weighted by molar-refractivity contribution is 7.14. The molecule has 1 aliphatic rings. The molecule has 3 aromatic rings. The van der Waals surface area contributed by atoms with Crippen LogP contribution in [-0.4, -0.2) is 57.2 Å². The van der Waals surface area contributed by atoms with Gasteiger partial charge in [0.1, 0.15) is 17.4 Å². The predicted octanol–water partition coefficient (Wildman–Crippen LogP) is 4.66. The number of amides is 3. The van der Waals surface area contributed by atoms with Crippen molar-refractivity contribution in [2.75, 3.05) is 11.4 Å². The number of aromatic nitrogens is 2. The zero-order valence-electron chi connectivity index (χ0n) is 23.9. The number of imide groups is 1. The lowest BCUT2D eigenvalue weighted by molar-refractivity contribution is 0.0550. The van der Waals surface area contributed by atoms with E-state index < -0.39 is 29.3 Å². The Morgan fingerprint density at radius 1 is 1.20 bits per heavy atom. The summed E-state index contributed by atoms with van der Waals surface area (Å²) in [5.41, 5.74) is 2.62. The Kier molecular flexibility index (Phi) is 8.46. The molecule has 2 heterocycles. The Hall–Kier alpha value is -3.57. The third-order valence-electron chi connectivity index (χ3n) is 6.85. The fourth-order valence-corrected chi connectivity index (χ4v) is 5.85. The van der Waals surface area contributed by atoms with Gasteiger partial charge in [-0.2, -0.15) is 0 Å². The maximum Gasteiger partial charge on any atom is 0.340 e. The number of nitrogens with zero attached hydrogens (tertiary/aromatic N) is 4. The van der Waals surface area contributed by atoms with Gasteiger partial charge in [0.25, 0.3) is 11.8 Å². The number of hydrogen-bond acceptors (Lipinski definition) is 8. The second-order valence-electron chi connectivity index (χ2n) is 11.9. The minimum atomic E-state index is -1.20. The van der Waals surface area contributed by atoms with E-state index in [9.17, 15) is 19.2 Å². The van der Waals surface area contributed by atoms with Crippen LogP contribution in [0.1, 0.15) is 80.4 Å². The molecular formula is C29H37N6O4S. The Morgan fingerprint density at radius 2 is 1.88 bits per heavy atom. The van der Waals surface area contributed by atoms with E-state index in [1.54, 1.807) is 36.6 Å². The monoisotopic (exact) mass is 565 g/mol. The van der Waals surface area contributed by atoms with Gasteiger partial charge in [-0.3, -0.25) is 29.3 Å². The van der Waals surface area contributed by atoms with E-state index in [2.05, 4.69) is 29.2 Å². The number of nitrogen functional groups attached to an aromatic ring is 1. The summed E-state index contributed by atoms with van der Waals surface area (Å²) in [7, 11) is 0. The van der Waals surface area contributed by atoms with Gasteiger partial charge in [-0.15, -0.1) is 11.3 Å². The van der Waals surface area contributed by atoms with Crippen molar-refractivity contribution in [2.45, 2.75) is 72.9 Å². The number of carbonyl (C=O) groups excluding carboxylic acids is 4. The molecule has 40 heavy (non-hydrogen) atoms. The molecule has 2 aromatic heterocycles. The van der Waals surface area contributed by atoms with Crippen LogP contribution in [0.4, 0.5) is 9.93 Å². The number of hydrazine groups is 1. The lowest BCUT2D eigenvalue weighted by atomic mass is 9.87. The third kappa shape index (κ3) is 5.95. The first-order chi connectivity index (χ1) is 18.9. The van der Waals surface area contributed by atoms with E-state index in [4.69, 9.17) is 5.84 Å². The van der Waals surface area contributed by atoms with Gasteiger partial charge < -0.3 is 4.90 Å². The first kappa shape index (κ1) is 29.4. The molecule has 0 aliphatic heterocycles. The van der Waals surface area contributed by atoms with Crippen molar-refractivity contribution in [3.05, 3.63) is 46.6 Å². The fraction of sp³-hybridized carbons (Fsp3) is 0.483. The largest absolute Gasteiger partial charge is 0.345 e. The zero-order valence-corrected chi connectivity index (χ0v) is 24.7. The Morgan fingerprint density at radius 3 is 2.45 bits per heavy atom. The average Bonchev–Trinajstić information content (AvgIpc) is 3.55. The molecule has 3 amide bonds. The topological polar surface area (TPSA) is 131 Å². The van der Waals surface area contributed by atoms with Crippen LogP contribution in [0.3, 0.4) is 0 Å². The molecule has 1 aromatic carbocycles.